The highest BCUT2D eigenvalue weighted by Crippen LogP contribution is 2.19. The Kier molecular flexibility index (Phi) is 5.45. The van der Waals surface area contributed by atoms with Gasteiger partial charge in [-0.1, -0.05) is 0 Å². The molecule has 3 rings (SSSR count). The quantitative estimate of drug-likeness (QED) is 0.465. The molecule has 0 saturated heterocycles. The van der Waals surface area contributed by atoms with Crippen LogP contribution in [0.2, 0.25) is 0 Å². The molecule has 5 nitrogen and oxygen atoms in total. The zero-order chi connectivity index (χ0) is 16.6. The number of hydrogen-bond donors (Lipinski definition) is 0. The average molecular weight is 325 g/mol. The van der Waals surface area contributed by atoms with Gasteiger partial charge >= 0.3 is 5.63 Å². The molecule has 2 aromatic heterocycles. The summed E-state index contributed by atoms with van der Waals surface area (Å²) in [5.41, 5.74) is 0.193. The maximum Gasteiger partial charge on any atom is 0.336 e. The molecule has 0 amide bonds. The van der Waals surface area contributed by atoms with Crippen molar-refractivity contribution < 1.29 is 13.9 Å². The van der Waals surface area contributed by atoms with Crippen LogP contribution in [-0.2, 0) is 0 Å². The van der Waals surface area contributed by atoms with Crippen LogP contribution >= 0.6 is 0 Å². The second kappa shape index (κ2) is 8.15. The van der Waals surface area contributed by atoms with Gasteiger partial charge in [-0.05, 0) is 49.6 Å². The first-order chi connectivity index (χ1) is 11.8. The van der Waals surface area contributed by atoms with Crippen molar-refractivity contribution in [3.8, 4) is 11.5 Å². The molecule has 124 valence electrons. The number of aromatic nitrogens is 1. The minimum atomic E-state index is -0.353. The van der Waals surface area contributed by atoms with Gasteiger partial charge in [-0.3, -0.25) is 4.98 Å². The predicted molar refractivity (Wildman–Crippen MR) is 91.6 cm³/mol. The largest absolute Gasteiger partial charge is 0.493 e. The second-order valence-electron chi connectivity index (χ2n) is 5.40. The molecule has 24 heavy (non-hydrogen) atoms. The molecular formula is C19H19NO4. The normalized spacial score (nSPS) is 10.7. The SMILES string of the molecule is O=c1ccc2ccc(OCCCCCOc3cccnc3)cc2o1. The summed E-state index contributed by atoms with van der Waals surface area (Å²) in [6.45, 7) is 1.29. The third-order valence-electron chi connectivity index (χ3n) is 3.56. The molecule has 3 aromatic rings. The molecule has 2 heterocycles. The Morgan fingerprint density at radius 1 is 0.917 bits per heavy atom. The highest BCUT2D eigenvalue weighted by Gasteiger charge is 2.00. The molecule has 5 heteroatoms. The fourth-order valence-electron chi connectivity index (χ4n) is 2.32. The van der Waals surface area contributed by atoms with Gasteiger partial charge in [-0.25, -0.2) is 4.79 Å². The van der Waals surface area contributed by atoms with E-state index in [0.29, 0.717) is 24.5 Å². The number of hydrogen-bond acceptors (Lipinski definition) is 5. The van der Waals surface area contributed by atoms with Crippen LogP contribution in [0.4, 0.5) is 0 Å². The van der Waals surface area contributed by atoms with Crippen molar-refractivity contribution in [1.29, 1.82) is 0 Å². The minimum Gasteiger partial charge on any atom is -0.493 e. The van der Waals surface area contributed by atoms with Crippen LogP contribution in [0.15, 0.2) is 64.1 Å². The molecule has 0 bridgehead atoms. The Labute approximate surface area is 139 Å². The first-order valence-electron chi connectivity index (χ1n) is 8.01. The van der Waals surface area contributed by atoms with Gasteiger partial charge in [0.15, 0.2) is 0 Å². The Morgan fingerprint density at radius 2 is 1.71 bits per heavy atom. The first kappa shape index (κ1) is 16.1. The molecular weight excluding hydrogens is 306 g/mol. The van der Waals surface area contributed by atoms with Gasteiger partial charge in [0.1, 0.15) is 17.1 Å². The molecule has 0 saturated carbocycles. The number of ether oxygens (including phenoxy) is 2. The van der Waals surface area contributed by atoms with Crippen molar-refractivity contribution in [3.63, 3.8) is 0 Å². The van der Waals surface area contributed by atoms with Crippen LogP contribution in [0.3, 0.4) is 0 Å². The number of nitrogens with zero attached hydrogens (tertiary/aromatic N) is 1. The Balaban J connectivity index is 1.37. The maximum absolute atomic E-state index is 11.2. The summed E-state index contributed by atoms with van der Waals surface area (Å²) in [4.78, 5) is 15.2. The highest BCUT2D eigenvalue weighted by atomic mass is 16.5. The summed E-state index contributed by atoms with van der Waals surface area (Å²) in [5.74, 6) is 1.51. The van der Waals surface area contributed by atoms with Crippen LogP contribution in [0, 0.1) is 0 Å². The van der Waals surface area contributed by atoms with E-state index in [4.69, 9.17) is 13.9 Å². The summed E-state index contributed by atoms with van der Waals surface area (Å²) in [6.07, 6.45) is 6.35. The summed E-state index contributed by atoms with van der Waals surface area (Å²) >= 11 is 0. The van der Waals surface area contributed by atoms with E-state index >= 15 is 0 Å². The minimum absolute atomic E-state index is 0.353. The summed E-state index contributed by atoms with van der Waals surface area (Å²) < 4.78 is 16.4. The Bertz CT molecular complexity index is 829. The molecule has 0 atom stereocenters. The molecule has 0 aliphatic heterocycles. The Hall–Kier alpha value is -2.82. The van der Waals surface area contributed by atoms with Crippen LogP contribution in [-0.4, -0.2) is 18.2 Å². The highest BCUT2D eigenvalue weighted by molar-refractivity contribution is 5.77. The summed E-state index contributed by atoms with van der Waals surface area (Å²) in [6, 6.07) is 12.4. The van der Waals surface area contributed by atoms with E-state index in [0.717, 1.165) is 30.4 Å². The van der Waals surface area contributed by atoms with E-state index in [9.17, 15) is 4.79 Å². The van der Waals surface area contributed by atoms with Crippen molar-refractivity contribution in [1.82, 2.24) is 4.98 Å². The van der Waals surface area contributed by atoms with Crippen molar-refractivity contribution >= 4 is 11.0 Å². The monoisotopic (exact) mass is 325 g/mol. The lowest BCUT2D eigenvalue weighted by Crippen LogP contribution is -2.01. The zero-order valence-electron chi connectivity index (χ0n) is 13.3. The van der Waals surface area contributed by atoms with E-state index < -0.39 is 0 Å². The molecule has 0 unspecified atom stereocenters. The van der Waals surface area contributed by atoms with Gasteiger partial charge in [0.2, 0.25) is 0 Å². The molecule has 0 aliphatic carbocycles. The number of fused-ring (bicyclic) bond motifs is 1. The van der Waals surface area contributed by atoms with E-state index in [-0.39, 0.29) is 5.63 Å². The Morgan fingerprint density at radius 3 is 2.50 bits per heavy atom. The van der Waals surface area contributed by atoms with Crippen LogP contribution in [0.1, 0.15) is 19.3 Å². The second-order valence-corrected chi connectivity index (χ2v) is 5.40. The fourth-order valence-corrected chi connectivity index (χ4v) is 2.32. The fraction of sp³-hybridized carbons (Fsp3) is 0.263. The lowest BCUT2D eigenvalue weighted by atomic mass is 10.2. The van der Waals surface area contributed by atoms with E-state index in [2.05, 4.69) is 4.98 Å². The van der Waals surface area contributed by atoms with Crippen molar-refractivity contribution in [2.75, 3.05) is 13.2 Å². The third-order valence-corrected chi connectivity index (χ3v) is 3.56. The molecule has 0 fully saturated rings. The maximum atomic E-state index is 11.2. The first-order valence-corrected chi connectivity index (χ1v) is 8.01. The topological polar surface area (TPSA) is 61.6 Å². The number of pyridine rings is 1. The number of rotatable bonds is 8. The van der Waals surface area contributed by atoms with Gasteiger partial charge in [0.25, 0.3) is 0 Å². The molecule has 0 aliphatic rings. The van der Waals surface area contributed by atoms with E-state index in [1.54, 1.807) is 24.5 Å². The van der Waals surface area contributed by atoms with Crippen LogP contribution < -0.4 is 15.1 Å². The standard InChI is InChI=1S/C19H19NO4/c21-19-9-7-15-6-8-16(13-18(15)24-19)22-11-2-1-3-12-23-17-5-4-10-20-14-17/h4-10,13-14H,1-3,11-12H2. The van der Waals surface area contributed by atoms with Crippen molar-refractivity contribution in [2.45, 2.75) is 19.3 Å². The van der Waals surface area contributed by atoms with Gasteiger partial charge in [0, 0.05) is 23.7 Å². The smallest absolute Gasteiger partial charge is 0.336 e. The zero-order valence-corrected chi connectivity index (χ0v) is 13.3. The lowest BCUT2D eigenvalue weighted by molar-refractivity contribution is 0.279. The predicted octanol–water partition coefficient (Wildman–Crippen LogP) is 3.82. The molecule has 0 radical (unpaired) electrons. The van der Waals surface area contributed by atoms with Crippen LogP contribution in [0.25, 0.3) is 11.0 Å². The number of benzene rings is 1. The van der Waals surface area contributed by atoms with Crippen LogP contribution in [0.5, 0.6) is 11.5 Å². The number of unbranched alkanes of at least 4 members (excludes halogenated alkanes) is 2. The van der Waals surface area contributed by atoms with E-state index in [1.165, 1.54) is 6.07 Å². The van der Waals surface area contributed by atoms with Gasteiger partial charge in [-0.15, -0.1) is 0 Å². The van der Waals surface area contributed by atoms with Crippen molar-refractivity contribution in [3.05, 3.63) is 65.3 Å². The molecule has 1 aromatic carbocycles. The summed E-state index contributed by atoms with van der Waals surface area (Å²) in [7, 11) is 0. The molecule has 0 N–H and O–H groups in total. The third kappa shape index (κ3) is 4.59. The van der Waals surface area contributed by atoms with Gasteiger partial charge in [0.05, 0.1) is 19.4 Å². The van der Waals surface area contributed by atoms with Gasteiger partial charge < -0.3 is 13.9 Å². The van der Waals surface area contributed by atoms with E-state index in [1.807, 2.05) is 24.3 Å². The van der Waals surface area contributed by atoms with Crippen molar-refractivity contribution in [2.24, 2.45) is 0 Å². The lowest BCUT2D eigenvalue weighted by Gasteiger charge is -2.07. The summed E-state index contributed by atoms with van der Waals surface area (Å²) in [5, 5.41) is 0.884. The average Bonchev–Trinajstić information content (AvgIpc) is 2.61. The molecule has 0 spiro atoms. The van der Waals surface area contributed by atoms with Gasteiger partial charge in [-0.2, -0.15) is 0 Å².